The van der Waals surface area contributed by atoms with E-state index in [0.29, 0.717) is 5.56 Å². The Morgan fingerprint density at radius 1 is 1.13 bits per heavy atom. The number of amides is 1. The van der Waals surface area contributed by atoms with Crippen LogP contribution in [0.15, 0.2) is 42.5 Å². The van der Waals surface area contributed by atoms with Gasteiger partial charge in [0.2, 0.25) is 0 Å². The Balaban J connectivity index is 2.08. The van der Waals surface area contributed by atoms with E-state index < -0.39 is 29.7 Å². The SMILES string of the molecule is COC(=O)c1cc(F)cc(C)c1NC(=O)C(C)[N+](C)(C)CC(=O)OCc1ccccc1. The molecule has 0 spiro atoms. The van der Waals surface area contributed by atoms with Crippen LogP contribution in [0.2, 0.25) is 0 Å². The van der Waals surface area contributed by atoms with Crippen molar-refractivity contribution in [2.45, 2.75) is 26.5 Å². The molecule has 2 rings (SSSR count). The maximum Gasteiger partial charge on any atom is 0.362 e. The summed E-state index contributed by atoms with van der Waals surface area (Å²) in [5, 5.41) is 2.68. The van der Waals surface area contributed by atoms with Crippen molar-refractivity contribution >= 4 is 23.5 Å². The van der Waals surface area contributed by atoms with Gasteiger partial charge < -0.3 is 19.3 Å². The molecule has 0 aliphatic carbocycles. The monoisotopic (exact) mass is 431 g/mol. The second-order valence-electron chi connectivity index (χ2n) is 7.89. The quantitative estimate of drug-likeness (QED) is 0.513. The minimum atomic E-state index is -0.760. The lowest BCUT2D eigenvalue weighted by molar-refractivity contribution is -0.896. The average Bonchev–Trinajstić information content (AvgIpc) is 2.73. The minimum Gasteiger partial charge on any atom is -0.465 e. The molecule has 166 valence electrons. The summed E-state index contributed by atoms with van der Waals surface area (Å²) < 4.78 is 23.8. The van der Waals surface area contributed by atoms with Crippen LogP contribution < -0.4 is 5.32 Å². The first-order chi connectivity index (χ1) is 14.5. The average molecular weight is 431 g/mol. The van der Waals surface area contributed by atoms with Gasteiger partial charge in [0.15, 0.2) is 12.6 Å². The molecular weight excluding hydrogens is 403 g/mol. The Morgan fingerprint density at radius 2 is 1.77 bits per heavy atom. The molecule has 1 N–H and O–H groups in total. The predicted octanol–water partition coefficient (Wildman–Crippen LogP) is 3.07. The zero-order valence-electron chi connectivity index (χ0n) is 18.4. The number of hydrogen-bond acceptors (Lipinski definition) is 5. The van der Waals surface area contributed by atoms with Crippen molar-refractivity contribution in [3.05, 3.63) is 65.0 Å². The summed E-state index contributed by atoms with van der Waals surface area (Å²) in [4.78, 5) is 37.2. The van der Waals surface area contributed by atoms with Crippen molar-refractivity contribution in [2.75, 3.05) is 33.1 Å². The number of likely N-dealkylation sites (N-methyl/N-ethyl adjacent to an activating group) is 1. The molecule has 0 heterocycles. The van der Waals surface area contributed by atoms with Crippen LogP contribution in [-0.4, -0.2) is 56.1 Å². The molecule has 1 atom stereocenters. The topological polar surface area (TPSA) is 81.7 Å². The minimum absolute atomic E-state index is 0.0211. The molecule has 0 saturated heterocycles. The molecular formula is C23H28FN2O5+. The molecule has 1 unspecified atom stereocenters. The van der Waals surface area contributed by atoms with Crippen LogP contribution in [-0.2, 0) is 25.7 Å². The summed E-state index contributed by atoms with van der Waals surface area (Å²) in [7, 11) is 4.64. The van der Waals surface area contributed by atoms with E-state index in [1.54, 1.807) is 27.9 Å². The zero-order valence-corrected chi connectivity index (χ0v) is 18.4. The molecule has 0 aliphatic rings. The molecule has 0 radical (unpaired) electrons. The van der Waals surface area contributed by atoms with E-state index >= 15 is 0 Å². The van der Waals surface area contributed by atoms with Gasteiger partial charge in [-0.2, -0.15) is 0 Å². The molecule has 1 amide bonds. The number of aryl methyl sites for hydroxylation is 1. The van der Waals surface area contributed by atoms with E-state index in [1.165, 1.54) is 13.2 Å². The number of ether oxygens (including phenoxy) is 2. The van der Waals surface area contributed by atoms with Gasteiger partial charge in [0.25, 0.3) is 5.91 Å². The number of rotatable bonds is 8. The van der Waals surface area contributed by atoms with E-state index in [2.05, 4.69) is 5.32 Å². The number of hydrogen-bond donors (Lipinski definition) is 1. The first kappa shape index (κ1) is 24.0. The van der Waals surface area contributed by atoms with Gasteiger partial charge in [-0.05, 0) is 37.1 Å². The van der Waals surface area contributed by atoms with Gasteiger partial charge in [0.1, 0.15) is 12.4 Å². The molecule has 7 nitrogen and oxygen atoms in total. The number of esters is 2. The molecule has 0 fully saturated rings. The summed E-state index contributed by atoms with van der Waals surface area (Å²) in [6.45, 7) is 3.36. The molecule has 0 bridgehead atoms. The van der Waals surface area contributed by atoms with Crippen LogP contribution >= 0.6 is 0 Å². The number of anilines is 1. The fraction of sp³-hybridized carbons (Fsp3) is 0.348. The number of methoxy groups -OCH3 is 1. The van der Waals surface area contributed by atoms with Gasteiger partial charge in [-0.1, -0.05) is 30.3 Å². The summed E-state index contributed by atoms with van der Waals surface area (Å²) in [5.41, 5.74) is 1.35. The maximum atomic E-state index is 13.8. The lowest BCUT2D eigenvalue weighted by Crippen LogP contribution is -2.55. The summed E-state index contributed by atoms with van der Waals surface area (Å²) in [6.07, 6.45) is 0. The fourth-order valence-electron chi connectivity index (χ4n) is 2.98. The normalized spacial score (nSPS) is 12.1. The van der Waals surface area contributed by atoms with Crippen molar-refractivity contribution in [1.82, 2.24) is 0 Å². The van der Waals surface area contributed by atoms with Crippen LogP contribution in [0.3, 0.4) is 0 Å². The van der Waals surface area contributed by atoms with Crippen LogP contribution in [0.4, 0.5) is 10.1 Å². The third kappa shape index (κ3) is 6.36. The van der Waals surface area contributed by atoms with Crippen molar-refractivity contribution < 1.29 is 32.7 Å². The third-order valence-electron chi connectivity index (χ3n) is 5.16. The second kappa shape index (κ2) is 10.2. The van der Waals surface area contributed by atoms with Crippen LogP contribution in [0.5, 0.6) is 0 Å². The fourth-order valence-corrected chi connectivity index (χ4v) is 2.98. The highest BCUT2D eigenvalue weighted by molar-refractivity contribution is 6.03. The van der Waals surface area contributed by atoms with E-state index in [9.17, 15) is 18.8 Å². The highest BCUT2D eigenvalue weighted by Gasteiger charge is 2.34. The van der Waals surface area contributed by atoms with Gasteiger partial charge in [0, 0.05) is 0 Å². The number of carbonyl (C=O) groups is 3. The van der Waals surface area contributed by atoms with E-state index in [4.69, 9.17) is 9.47 Å². The molecule has 2 aromatic carbocycles. The Kier molecular flexibility index (Phi) is 7.88. The lowest BCUT2D eigenvalue weighted by Gasteiger charge is -2.34. The Bertz CT molecular complexity index is 960. The highest BCUT2D eigenvalue weighted by Crippen LogP contribution is 2.24. The third-order valence-corrected chi connectivity index (χ3v) is 5.16. The molecule has 0 aliphatic heterocycles. The molecule has 0 aromatic heterocycles. The molecule has 31 heavy (non-hydrogen) atoms. The largest absolute Gasteiger partial charge is 0.465 e. The first-order valence-corrected chi connectivity index (χ1v) is 9.76. The lowest BCUT2D eigenvalue weighted by atomic mass is 10.1. The standard InChI is InChI=1S/C23H27FN2O5/c1-15-11-18(24)12-19(23(29)30-5)21(15)25-22(28)16(2)26(3,4)13-20(27)31-14-17-9-7-6-8-10-17/h6-12,16H,13-14H2,1-5H3/p+1. The zero-order chi connectivity index (χ0) is 23.2. The highest BCUT2D eigenvalue weighted by atomic mass is 19.1. The van der Waals surface area contributed by atoms with Crippen molar-refractivity contribution in [3.8, 4) is 0 Å². The smallest absolute Gasteiger partial charge is 0.362 e. The summed E-state index contributed by atoms with van der Waals surface area (Å²) in [5.74, 6) is -2.24. The number of quaternary nitrogens is 1. The van der Waals surface area contributed by atoms with Crippen LogP contribution in [0, 0.1) is 12.7 Å². The van der Waals surface area contributed by atoms with Crippen molar-refractivity contribution in [1.29, 1.82) is 0 Å². The van der Waals surface area contributed by atoms with Gasteiger partial charge in [0.05, 0.1) is 32.5 Å². The Labute approximate surface area is 181 Å². The maximum absolute atomic E-state index is 13.8. The van der Waals surface area contributed by atoms with Gasteiger partial charge in [-0.3, -0.25) is 4.79 Å². The van der Waals surface area contributed by atoms with E-state index in [0.717, 1.165) is 11.6 Å². The van der Waals surface area contributed by atoms with Crippen molar-refractivity contribution in [3.63, 3.8) is 0 Å². The second-order valence-corrected chi connectivity index (χ2v) is 7.89. The van der Waals surface area contributed by atoms with Crippen LogP contribution in [0.1, 0.15) is 28.4 Å². The first-order valence-electron chi connectivity index (χ1n) is 9.76. The number of benzene rings is 2. The number of halogens is 1. The van der Waals surface area contributed by atoms with E-state index in [-0.39, 0.29) is 28.9 Å². The van der Waals surface area contributed by atoms with Gasteiger partial charge in [-0.25, -0.2) is 14.0 Å². The molecule has 0 saturated carbocycles. The van der Waals surface area contributed by atoms with Crippen LogP contribution in [0.25, 0.3) is 0 Å². The van der Waals surface area contributed by atoms with Gasteiger partial charge in [-0.15, -0.1) is 0 Å². The van der Waals surface area contributed by atoms with Crippen molar-refractivity contribution in [2.24, 2.45) is 0 Å². The van der Waals surface area contributed by atoms with E-state index in [1.807, 2.05) is 30.3 Å². The molecule has 2 aromatic rings. The molecule has 8 heteroatoms. The Hall–Kier alpha value is -3.26. The van der Waals surface area contributed by atoms with Gasteiger partial charge >= 0.3 is 11.9 Å². The summed E-state index contributed by atoms with van der Waals surface area (Å²) >= 11 is 0. The Morgan fingerprint density at radius 3 is 2.39 bits per heavy atom. The number of nitrogens with zero attached hydrogens (tertiary/aromatic N) is 1. The predicted molar refractivity (Wildman–Crippen MR) is 114 cm³/mol. The number of carbonyl (C=O) groups excluding carboxylic acids is 3. The summed E-state index contributed by atoms with van der Waals surface area (Å²) in [6, 6.07) is 10.9. The number of nitrogens with one attached hydrogen (secondary N) is 1.